The van der Waals surface area contributed by atoms with Gasteiger partial charge in [-0.1, -0.05) is 43.6 Å². The Hall–Kier alpha value is -1.88. The molecule has 3 aliphatic rings. The van der Waals surface area contributed by atoms with Crippen molar-refractivity contribution in [1.82, 2.24) is 0 Å². The maximum absolute atomic E-state index is 13.2. The van der Waals surface area contributed by atoms with Crippen LogP contribution < -0.4 is 4.74 Å². The van der Waals surface area contributed by atoms with Crippen LogP contribution >= 0.6 is 15.9 Å². The van der Waals surface area contributed by atoms with E-state index in [1.54, 1.807) is 0 Å². The van der Waals surface area contributed by atoms with Crippen LogP contribution in [0.4, 0.5) is 0 Å². The van der Waals surface area contributed by atoms with Crippen LogP contribution in [0.15, 0.2) is 45.3 Å². The second-order valence-corrected chi connectivity index (χ2v) is 10.7. The number of rotatable bonds is 1. The summed E-state index contributed by atoms with van der Waals surface area (Å²) < 4.78 is 7.00. The SMILES string of the molecule is CC1(C)CC(=O)C(C2C3=C(CC(C)(C)CC3=O)Oc3ccc(Br)cc32)=C(O)C1. The minimum Gasteiger partial charge on any atom is -0.512 e. The molecule has 1 unspecified atom stereocenters. The van der Waals surface area contributed by atoms with E-state index in [1.807, 2.05) is 32.0 Å². The molecule has 148 valence electrons. The topological polar surface area (TPSA) is 63.6 Å². The van der Waals surface area contributed by atoms with Gasteiger partial charge in [-0.05, 0) is 29.0 Å². The maximum Gasteiger partial charge on any atom is 0.163 e. The standard InChI is InChI=1S/C23H25BrO4/c1-22(2)8-14(25)20(15(26)9-22)19-13-7-12(24)5-6-17(13)28-18-11-23(3,4)10-16(27)21(18)19/h5-7,19,25H,8-11H2,1-4H3. The Morgan fingerprint density at radius 3 is 2.21 bits per heavy atom. The van der Waals surface area contributed by atoms with Crippen molar-refractivity contribution < 1.29 is 19.4 Å². The van der Waals surface area contributed by atoms with Gasteiger partial charge in [-0.3, -0.25) is 9.59 Å². The lowest BCUT2D eigenvalue weighted by atomic mass is 9.66. The molecule has 0 spiro atoms. The van der Waals surface area contributed by atoms with Crippen LogP contribution in [0.25, 0.3) is 0 Å². The van der Waals surface area contributed by atoms with E-state index in [0.29, 0.717) is 48.3 Å². The summed E-state index contributed by atoms with van der Waals surface area (Å²) >= 11 is 3.49. The Morgan fingerprint density at radius 2 is 1.57 bits per heavy atom. The highest BCUT2D eigenvalue weighted by molar-refractivity contribution is 9.10. The van der Waals surface area contributed by atoms with Crippen molar-refractivity contribution in [3.8, 4) is 5.75 Å². The molecule has 4 nitrogen and oxygen atoms in total. The Labute approximate surface area is 173 Å². The molecule has 1 aromatic rings. The van der Waals surface area contributed by atoms with E-state index in [2.05, 4.69) is 29.8 Å². The van der Waals surface area contributed by atoms with Crippen molar-refractivity contribution in [1.29, 1.82) is 0 Å². The Balaban J connectivity index is 1.95. The average Bonchev–Trinajstić information content (AvgIpc) is 2.51. The molecule has 4 rings (SSSR count). The highest BCUT2D eigenvalue weighted by Gasteiger charge is 2.46. The van der Waals surface area contributed by atoms with E-state index < -0.39 is 5.92 Å². The normalized spacial score (nSPS) is 26.0. The zero-order chi connectivity index (χ0) is 20.4. The molecule has 0 saturated heterocycles. The number of halogens is 1. The predicted molar refractivity (Wildman–Crippen MR) is 110 cm³/mol. The largest absolute Gasteiger partial charge is 0.512 e. The number of Topliss-reactive ketones (excluding diaryl/α,β-unsaturated/α-hetero) is 2. The summed E-state index contributed by atoms with van der Waals surface area (Å²) in [5, 5.41) is 10.9. The Kier molecular flexibility index (Phi) is 4.38. The maximum atomic E-state index is 13.2. The third kappa shape index (κ3) is 3.24. The third-order valence-electron chi connectivity index (χ3n) is 5.87. The van der Waals surface area contributed by atoms with Gasteiger partial charge in [-0.15, -0.1) is 0 Å². The molecule has 0 saturated carbocycles. The van der Waals surface area contributed by atoms with Crippen molar-refractivity contribution in [3.63, 3.8) is 0 Å². The molecular weight excluding hydrogens is 420 g/mol. The first-order valence-corrected chi connectivity index (χ1v) is 10.5. The molecule has 0 fully saturated rings. The van der Waals surface area contributed by atoms with Crippen molar-refractivity contribution in [2.45, 2.75) is 59.3 Å². The van der Waals surface area contributed by atoms with E-state index in [4.69, 9.17) is 4.74 Å². The molecule has 0 radical (unpaired) electrons. The minimum atomic E-state index is -0.566. The Bertz CT molecular complexity index is 965. The number of benzene rings is 1. The first-order chi connectivity index (χ1) is 13.0. The third-order valence-corrected chi connectivity index (χ3v) is 6.36. The zero-order valence-electron chi connectivity index (χ0n) is 16.7. The molecule has 28 heavy (non-hydrogen) atoms. The fourth-order valence-corrected chi connectivity index (χ4v) is 5.12. The zero-order valence-corrected chi connectivity index (χ0v) is 18.3. The molecule has 5 heteroatoms. The number of carbonyl (C=O) groups excluding carboxylic acids is 2. The first-order valence-electron chi connectivity index (χ1n) is 9.66. The van der Waals surface area contributed by atoms with Crippen LogP contribution in [0.1, 0.15) is 64.9 Å². The predicted octanol–water partition coefficient (Wildman–Crippen LogP) is 5.77. The van der Waals surface area contributed by atoms with Gasteiger partial charge in [0.1, 0.15) is 17.3 Å². The van der Waals surface area contributed by atoms with Gasteiger partial charge in [-0.25, -0.2) is 0 Å². The van der Waals surface area contributed by atoms with Crippen molar-refractivity contribution in [2.75, 3.05) is 0 Å². The summed E-state index contributed by atoms with van der Waals surface area (Å²) in [5.74, 6) is 0.734. The summed E-state index contributed by atoms with van der Waals surface area (Å²) in [7, 11) is 0. The van der Waals surface area contributed by atoms with E-state index in [-0.39, 0.29) is 28.2 Å². The van der Waals surface area contributed by atoms with Crippen LogP contribution in [0, 0.1) is 10.8 Å². The molecule has 1 aliphatic heterocycles. The van der Waals surface area contributed by atoms with Crippen LogP contribution in [-0.4, -0.2) is 16.7 Å². The lowest BCUT2D eigenvalue weighted by molar-refractivity contribution is -0.119. The van der Waals surface area contributed by atoms with Crippen LogP contribution in [0.5, 0.6) is 5.75 Å². The van der Waals surface area contributed by atoms with Gasteiger partial charge in [-0.2, -0.15) is 0 Å². The van der Waals surface area contributed by atoms with Gasteiger partial charge in [0.05, 0.1) is 5.92 Å². The summed E-state index contributed by atoms with van der Waals surface area (Å²) in [4.78, 5) is 26.3. The molecule has 1 N–H and O–H groups in total. The summed E-state index contributed by atoms with van der Waals surface area (Å²) in [6.45, 7) is 8.06. The van der Waals surface area contributed by atoms with E-state index in [1.165, 1.54) is 0 Å². The summed E-state index contributed by atoms with van der Waals surface area (Å²) in [5.41, 5.74) is 1.19. The lowest BCUT2D eigenvalue weighted by Crippen LogP contribution is -2.36. The van der Waals surface area contributed by atoms with Crippen LogP contribution in [0.2, 0.25) is 0 Å². The lowest BCUT2D eigenvalue weighted by Gasteiger charge is -2.40. The van der Waals surface area contributed by atoms with Crippen molar-refractivity contribution >= 4 is 27.5 Å². The highest BCUT2D eigenvalue weighted by atomic mass is 79.9. The molecule has 1 aromatic carbocycles. The number of fused-ring (bicyclic) bond motifs is 1. The second kappa shape index (κ2) is 6.31. The van der Waals surface area contributed by atoms with Crippen molar-refractivity contribution in [3.05, 3.63) is 50.9 Å². The van der Waals surface area contributed by atoms with E-state index in [9.17, 15) is 14.7 Å². The monoisotopic (exact) mass is 444 g/mol. The molecule has 1 atom stereocenters. The second-order valence-electron chi connectivity index (χ2n) is 9.80. The number of hydrogen-bond acceptors (Lipinski definition) is 4. The molecule has 0 amide bonds. The molecular formula is C23H25BrO4. The van der Waals surface area contributed by atoms with Gasteiger partial charge >= 0.3 is 0 Å². The highest BCUT2D eigenvalue weighted by Crippen LogP contribution is 2.53. The molecule has 1 heterocycles. The van der Waals surface area contributed by atoms with Gasteiger partial charge in [0, 0.05) is 46.9 Å². The molecule has 2 aliphatic carbocycles. The number of ether oxygens (including phenoxy) is 1. The Morgan fingerprint density at radius 1 is 0.964 bits per heavy atom. The fraction of sp³-hybridized carbons (Fsp3) is 0.478. The van der Waals surface area contributed by atoms with Gasteiger partial charge in [0.2, 0.25) is 0 Å². The summed E-state index contributed by atoms with van der Waals surface area (Å²) in [6.07, 6.45) is 1.82. The quantitative estimate of drug-likeness (QED) is 0.596. The number of ketones is 2. The first kappa shape index (κ1) is 19.4. The molecule has 0 bridgehead atoms. The average molecular weight is 445 g/mol. The van der Waals surface area contributed by atoms with E-state index >= 15 is 0 Å². The summed E-state index contributed by atoms with van der Waals surface area (Å²) in [6, 6.07) is 5.64. The molecule has 0 aromatic heterocycles. The van der Waals surface area contributed by atoms with E-state index in [0.717, 1.165) is 10.0 Å². The van der Waals surface area contributed by atoms with Gasteiger partial charge < -0.3 is 9.84 Å². The number of carbonyl (C=O) groups is 2. The van der Waals surface area contributed by atoms with Crippen molar-refractivity contribution in [2.24, 2.45) is 10.8 Å². The number of allylic oxidation sites excluding steroid dienone is 4. The van der Waals surface area contributed by atoms with Gasteiger partial charge in [0.25, 0.3) is 0 Å². The number of hydrogen-bond donors (Lipinski definition) is 1. The fourth-order valence-electron chi connectivity index (χ4n) is 4.75. The van der Waals surface area contributed by atoms with Gasteiger partial charge in [0.15, 0.2) is 11.6 Å². The smallest absolute Gasteiger partial charge is 0.163 e. The minimum absolute atomic E-state index is 0.000177. The number of aliphatic hydroxyl groups excluding tert-OH is 1. The van der Waals surface area contributed by atoms with Crippen LogP contribution in [-0.2, 0) is 9.59 Å². The number of aliphatic hydroxyl groups is 1. The van der Waals surface area contributed by atoms with Crippen LogP contribution in [0.3, 0.4) is 0 Å².